The van der Waals surface area contributed by atoms with Crippen LogP contribution in [0.5, 0.6) is 5.75 Å². The highest BCUT2D eigenvalue weighted by Gasteiger charge is 2.08. The summed E-state index contributed by atoms with van der Waals surface area (Å²) < 4.78 is 29.2. The third-order valence-electron chi connectivity index (χ3n) is 4.17. The zero-order chi connectivity index (χ0) is 21.9. The van der Waals surface area contributed by atoms with Gasteiger partial charge in [0.2, 0.25) is 0 Å². The minimum absolute atomic E-state index is 0. The lowest BCUT2D eigenvalue weighted by atomic mass is 10.1. The first kappa shape index (κ1) is 26.6. The van der Waals surface area contributed by atoms with Gasteiger partial charge in [-0.1, -0.05) is 24.3 Å². The van der Waals surface area contributed by atoms with E-state index >= 15 is 0 Å². The molecule has 0 aromatic heterocycles. The molecule has 31 heavy (non-hydrogen) atoms. The van der Waals surface area contributed by atoms with Gasteiger partial charge in [0, 0.05) is 32.7 Å². The fourth-order valence-corrected chi connectivity index (χ4v) is 2.78. The van der Waals surface area contributed by atoms with Gasteiger partial charge in [0.05, 0.1) is 6.54 Å². The van der Waals surface area contributed by atoms with E-state index < -0.39 is 6.61 Å². The van der Waals surface area contributed by atoms with E-state index in [4.69, 9.17) is 0 Å². The maximum Gasteiger partial charge on any atom is 0.387 e. The lowest BCUT2D eigenvalue weighted by Crippen LogP contribution is -2.38. The summed E-state index contributed by atoms with van der Waals surface area (Å²) in [6.45, 7) is 0.745. The van der Waals surface area contributed by atoms with Crippen LogP contribution in [0, 0.1) is 0 Å². The maximum absolute atomic E-state index is 12.4. The van der Waals surface area contributed by atoms with Crippen LogP contribution in [0.15, 0.2) is 53.5 Å². The third kappa shape index (κ3) is 9.50. The van der Waals surface area contributed by atoms with Gasteiger partial charge in [-0.05, 0) is 48.7 Å². The maximum atomic E-state index is 12.4. The number of carbonyl (C=O) groups is 1. The molecule has 0 fully saturated rings. The summed E-state index contributed by atoms with van der Waals surface area (Å²) in [6, 6.07) is 14.0. The highest BCUT2D eigenvalue weighted by Crippen LogP contribution is 2.16. The molecule has 0 radical (unpaired) electrons. The van der Waals surface area contributed by atoms with E-state index in [2.05, 4.69) is 20.4 Å². The van der Waals surface area contributed by atoms with Gasteiger partial charge in [-0.25, -0.2) is 4.99 Å². The van der Waals surface area contributed by atoms with Gasteiger partial charge < -0.3 is 20.3 Å². The van der Waals surface area contributed by atoms with E-state index in [1.165, 1.54) is 6.07 Å². The lowest BCUT2D eigenvalue weighted by Gasteiger charge is -2.13. The molecule has 0 heterocycles. The number of alkyl halides is 2. The first-order valence-electron chi connectivity index (χ1n) is 9.75. The highest BCUT2D eigenvalue weighted by molar-refractivity contribution is 14.0. The molecule has 0 aliphatic rings. The van der Waals surface area contributed by atoms with Crippen molar-refractivity contribution in [2.45, 2.75) is 26.5 Å². The van der Waals surface area contributed by atoms with E-state index in [0.717, 1.165) is 17.5 Å². The third-order valence-corrected chi connectivity index (χ3v) is 4.17. The van der Waals surface area contributed by atoms with Crippen molar-refractivity contribution in [3.05, 3.63) is 65.2 Å². The molecule has 0 saturated heterocycles. The van der Waals surface area contributed by atoms with Crippen molar-refractivity contribution in [2.24, 2.45) is 4.99 Å². The molecule has 9 heteroatoms. The number of carbonyl (C=O) groups excluding carboxylic acids is 1. The van der Waals surface area contributed by atoms with Gasteiger partial charge in [-0.15, -0.1) is 24.0 Å². The van der Waals surface area contributed by atoms with Crippen LogP contribution >= 0.6 is 24.0 Å². The zero-order valence-electron chi connectivity index (χ0n) is 17.9. The molecule has 0 unspecified atom stereocenters. The quantitative estimate of drug-likeness (QED) is 0.285. The van der Waals surface area contributed by atoms with Crippen LogP contribution < -0.4 is 15.4 Å². The van der Waals surface area contributed by atoms with Gasteiger partial charge in [-0.3, -0.25) is 4.79 Å². The number of hydrogen-bond donors (Lipinski definition) is 2. The SMILES string of the molecule is CCNC(=NCc1cccc(OC(F)F)c1)NCCc1cccc(C(=O)N(C)C)c1.I. The van der Waals surface area contributed by atoms with Crippen LogP contribution in [0.1, 0.15) is 28.4 Å². The molecule has 0 aliphatic carbocycles. The van der Waals surface area contributed by atoms with Crippen molar-refractivity contribution in [3.8, 4) is 5.75 Å². The molecule has 0 saturated carbocycles. The number of nitrogens with one attached hydrogen (secondary N) is 2. The number of benzene rings is 2. The van der Waals surface area contributed by atoms with Crippen molar-refractivity contribution in [1.29, 1.82) is 0 Å². The zero-order valence-corrected chi connectivity index (χ0v) is 20.2. The Hall–Kier alpha value is -2.43. The smallest absolute Gasteiger partial charge is 0.387 e. The van der Waals surface area contributed by atoms with E-state index in [-0.39, 0.29) is 35.6 Å². The molecule has 1 amide bonds. The Bertz CT molecular complexity index is 863. The fourth-order valence-electron chi connectivity index (χ4n) is 2.78. The van der Waals surface area contributed by atoms with Crippen molar-refractivity contribution < 1.29 is 18.3 Å². The highest BCUT2D eigenvalue weighted by atomic mass is 127. The van der Waals surface area contributed by atoms with Crippen LogP contribution in [-0.2, 0) is 13.0 Å². The number of amides is 1. The number of nitrogens with zero attached hydrogens (tertiary/aromatic N) is 2. The Labute approximate surface area is 199 Å². The summed E-state index contributed by atoms with van der Waals surface area (Å²) in [5.41, 5.74) is 2.46. The summed E-state index contributed by atoms with van der Waals surface area (Å²) in [7, 11) is 3.45. The molecule has 0 bridgehead atoms. The average Bonchev–Trinajstić information content (AvgIpc) is 2.71. The largest absolute Gasteiger partial charge is 0.435 e. The molecule has 0 aliphatic heterocycles. The van der Waals surface area contributed by atoms with E-state index in [9.17, 15) is 13.6 Å². The Kier molecular flexibility index (Phi) is 11.8. The Morgan fingerprint density at radius 1 is 1.10 bits per heavy atom. The second-order valence-electron chi connectivity index (χ2n) is 6.80. The molecular formula is C22H29F2IN4O2. The summed E-state index contributed by atoms with van der Waals surface area (Å²) >= 11 is 0. The van der Waals surface area contributed by atoms with Gasteiger partial charge in [0.1, 0.15) is 5.75 Å². The van der Waals surface area contributed by atoms with Crippen molar-refractivity contribution in [2.75, 3.05) is 27.2 Å². The Morgan fingerprint density at radius 2 is 1.81 bits per heavy atom. The van der Waals surface area contributed by atoms with Crippen LogP contribution in [0.2, 0.25) is 0 Å². The predicted molar refractivity (Wildman–Crippen MR) is 129 cm³/mol. The molecule has 6 nitrogen and oxygen atoms in total. The number of rotatable bonds is 9. The van der Waals surface area contributed by atoms with Gasteiger partial charge >= 0.3 is 6.61 Å². The van der Waals surface area contributed by atoms with Crippen molar-refractivity contribution in [3.63, 3.8) is 0 Å². The normalized spacial score (nSPS) is 11.0. The predicted octanol–water partition coefficient (Wildman–Crippen LogP) is 3.91. The second-order valence-corrected chi connectivity index (χ2v) is 6.80. The average molecular weight is 546 g/mol. The molecule has 2 aromatic carbocycles. The molecular weight excluding hydrogens is 517 g/mol. The summed E-state index contributed by atoms with van der Waals surface area (Å²) in [5, 5.41) is 6.41. The van der Waals surface area contributed by atoms with Crippen LogP contribution in [0.25, 0.3) is 0 Å². The first-order chi connectivity index (χ1) is 14.4. The monoisotopic (exact) mass is 546 g/mol. The molecule has 0 atom stereocenters. The van der Waals surface area contributed by atoms with E-state index in [0.29, 0.717) is 31.2 Å². The minimum atomic E-state index is -2.85. The number of hydrogen-bond acceptors (Lipinski definition) is 3. The summed E-state index contributed by atoms with van der Waals surface area (Å²) in [5.74, 6) is 0.707. The molecule has 170 valence electrons. The summed E-state index contributed by atoms with van der Waals surface area (Å²) in [6.07, 6.45) is 0.719. The first-order valence-corrected chi connectivity index (χ1v) is 9.75. The topological polar surface area (TPSA) is 66.0 Å². The van der Waals surface area contributed by atoms with E-state index in [1.807, 2.05) is 25.1 Å². The number of aliphatic imine (C=N–C) groups is 1. The van der Waals surface area contributed by atoms with Crippen molar-refractivity contribution in [1.82, 2.24) is 15.5 Å². The fraction of sp³-hybridized carbons (Fsp3) is 0.364. The standard InChI is InChI=1S/C22H28F2N4O2.HI/c1-4-25-22(27-15-17-8-6-10-19(14-17)30-21(23)24)26-12-11-16-7-5-9-18(13-16)20(29)28(2)3;/h5-10,13-14,21H,4,11-12,15H2,1-3H3,(H2,25,26,27);1H. The van der Waals surface area contributed by atoms with Crippen LogP contribution in [0.4, 0.5) is 8.78 Å². The molecule has 2 rings (SSSR count). The Balaban J connectivity index is 0.00000480. The molecule has 0 spiro atoms. The Morgan fingerprint density at radius 3 is 2.48 bits per heavy atom. The van der Waals surface area contributed by atoms with Crippen LogP contribution in [0.3, 0.4) is 0 Å². The van der Waals surface area contributed by atoms with Crippen LogP contribution in [-0.4, -0.2) is 50.6 Å². The number of guanidine groups is 1. The van der Waals surface area contributed by atoms with E-state index in [1.54, 1.807) is 43.3 Å². The minimum Gasteiger partial charge on any atom is -0.435 e. The molecule has 2 N–H and O–H groups in total. The van der Waals surface area contributed by atoms with Crippen molar-refractivity contribution >= 4 is 35.8 Å². The second kappa shape index (κ2) is 13.8. The van der Waals surface area contributed by atoms with Gasteiger partial charge in [0.25, 0.3) is 5.91 Å². The number of halogens is 3. The number of ether oxygens (including phenoxy) is 1. The van der Waals surface area contributed by atoms with Gasteiger partial charge in [0.15, 0.2) is 5.96 Å². The lowest BCUT2D eigenvalue weighted by molar-refractivity contribution is -0.0498. The van der Waals surface area contributed by atoms with Gasteiger partial charge in [-0.2, -0.15) is 8.78 Å². The summed E-state index contributed by atoms with van der Waals surface area (Å²) in [4.78, 5) is 18.1. The molecule has 2 aromatic rings.